The summed E-state index contributed by atoms with van der Waals surface area (Å²) >= 11 is 0. The fourth-order valence-corrected chi connectivity index (χ4v) is 12.2. The van der Waals surface area contributed by atoms with Gasteiger partial charge < -0.3 is 4.55 Å². The van der Waals surface area contributed by atoms with Crippen LogP contribution in [0.1, 0.15) is 171 Å². The minimum absolute atomic E-state index is 0. The van der Waals surface area contributed by atoms with Crippen LogP contribution in [0.2, 0.25) is 19.6 Å². The van der Waals surface area contributed by atoms with Gasteiger partial charge in [-0.3, -0.25) is 4.18 Å². The molecule has 0 aromatic rings. The highest BCUT2D eigenvalue weighted by Gasteiger charge is 2.34. The highest BCUT2D eigenvalue weighted by molar-refractivity contribution is 7.80. The second-order valence-corrected chi connectivity index (χ2v) is 24.1. The van der Waals surface area contributed by atoms with E-state index >= 15 is 0 Å². The molecule has 0 aliphatic heterocycles. The first-order valence-electron chi connectivity index (χ1n) is 16.9. The number of rotatable bonds is 27. The molecule has 7 heteroatoms. The van der Waals surface area contributed by atoms with Gasteiger partial charge in [-0.05, 0) is 32.1 Å². The van der Waals surface area contributed by atoms with Gasteiger partial charge in [-0.15, -0.1) is 0 Å². The van der Waals surface area contributed by atoms with Crippen molar-refractivity contribution in [2.24, 2.45) is 0 Å². The van der Waals surface area contributed by atoms with Gasteiger partial charge in [0.1, 0.15) is 0 Å². The van der Waals surface area contributed by atoms with Crippen LogP contribution >= 0.6 is 7.26 Å². The molecule has 41 heavy (non-hydrogen) atoms. The van der Waals surface area contributed by atoms with E-state index in [-0.39, 0.29) is 21.1 Å². The third kappa shape index (κ3) is 38.5. The smallest absolute Gasteiger partial charge is 0.217 e. The van der Waals surface area contributed by atoms with Crippen LogP contribution in [0.3, 0.4) is 0 Å². The molecule has 0 spiro atoms. The standard InChI is InChI=1S/C28H60P.C4H12O4SSi.2CH4/c1-5-9-13-14-15-16-17-18-19-20-21-22-23-24-28-29(25-10-6-2,26-11-7-3)27-12-8-4;1-10(2,3)4-8-9(5,6)7;;/h5-28H2,1-4H3;4H2,1-3H3,(H,5,6,7);2*1H4/q+1;;;/p-1. The van der Waals surface area contributed by atoms with Crippen LogP contribution in [0.4, 0.5) is 0 Å². The van der Waals surface area contributed by atoms with E-state index in [1.807, 2.05) is 19.6 Å². The predicted octanol–water partition coefficient (Wildman–Crippen LogP) is 12.5. The Morgan fingerprint density at radius 1 is 0.512 bits per heavy atom. The summed E-state index contributed by atoms with van der Waals surface area (Å²) in [6.07, 6.45) is 36.0. The summed E-state index contributed by atoms with van der Waals surface area (Å²) in [4.78, 5) is 0. The van der Waals surface area contributed by atoms with E-state index in [2.05, 4.69) is 31.9 Å². The maximum Gasteiger partial charge on any atom is 0.217 e. The van der Waals surface area contributed by atoms with Gasteiger partial charge in [0.05, 0.1) is 39.0 Å². The molecule has 4 nitrogen and oxygen atoms in total. The molecule has 0 atom stereocenters. The van der Waals surface area contributed by atoms with Crippen molar-refractivity contribution in [1.82, 2.24) is 0 Å². The Labute approximate surface area is 263 Å². The highest BCUT2D eigenvalue weighted by Crippen LogP contribution is 2.61. The molecule has 0 unspecified atom stereocenters. The van der Waals surface area contributed by atoms with Gasteiger partial charge >= 0.3 is 0 Å². The number of unbranched alkanes of at least 4 members (excludes halogenated alkanes) is 16. The fourth-order valence-electron chi connectivity index (χ4n) is 5.04. The van der Waals surface area contributed by atoms with Crippen LogP contribution in [-0.2, 0) is 14.6 Å². The zero-order valence-corrected chi connectivity index (χ0v) is 30.4. The van der Waals surface area contributed by atoms with Crippen molar-refractivity contribution >= 4 is 25.7 Å². The summed E-state index contributed by atoms with van der Waals surface area (Å²) in [5, 5.41) is 0. The summed E-state index contributed by atoms with van der Waals surface area (Å²) in [5.41, 5.74) is 0. The minimum atomic E-state index is -4.47. The Kier molecular flexibility index (Phi) is 37.7. The van der Waals surface area contributed by atoms with Gasteiger partial charge in [-0.25, -0.2) is 8.42 Å². The molecule has 0 bridgehead atoms. The van der Waals surface area contributed by atoms with Crippen LogP contribution < -0.4 is 0 Å². The quantitative estimate of drug-likeness (QED) is 0.0294. The molecule has 0 rings (SSSR count). The van der Waals surface area contributed by atoms with E-state index in [4.69, 9.17) is 0 Å². The van der Waals surface area contributed by atoms with Crippen molar-refractivity contribution in [2.45, 2.75) is 191 Å². The van der Waals surface area contributed by atoms with E-state index in [1.165, 1.54) is 122 Å². The Morgan fingerprint density at radius 3 is 1.02 bits per heavy atom. The number of hydrogen-bond acceptors (Lipinski definition) is 4. The average Bonchev–Trinajstić information content (AvgIpc) is 2.88. The maximum absolute atomic E-state index is 9.92. The first-order valence-corrected chi connectivity index (χ1v) is 24.5. The summed E-state index contributed by atoms with van der Waals surface area (Å²) in [6, 6.07) is 0. The molecular formula is C34H79O4PSSi. The molecule has 0 N–H and O–H groups in total. The van der Waals surface area contributed by atoms with Crippen molar-refractivity contribution in [3.63, 3.8) is 0 Å². The van der Waals surface area contributed by atoms with Gasteiger partial charge in [-0.2, -0.15) is 0 Å². The van der Waals surface area contributed by atoms with Crippen molar-refractivity contribution in [1.29, 1.82) is 0 Å². The molecule has 254 valence electrons. The minimum Gasteiger partial charge on any atom is -0.726 e. The molecule has 0 aliphatic carbocycles. The zero-order chi connectivity index (χ0) is 29.9. The van der Waals surface area contributed by atoms with E-state index in [0.29, 0.717) is 0 Å². The maximum atomic E-state index is 9.92. The second kappa shape index (κ2) is 31.9. The SMILES string of the molecule is C.C.CCCCCCCCCCCCCCCC[P+](CCCC)(CCCC)CCCC.C[Si](C)(C)COS(=O)(=O)[O-]. The summed E-state index contributed by atoms with van der Waals surface area (Å²) in [5.74, 6) is 0. The molecule has 0 aliphatic rings. The molecule has 0 amide bonds. The summed E-state index contributed by atoms with van der Waals surface area (Å²) < 4.78 is 33.8. The second-order valence-electron chi connectivity index (χ2n) is 13.1. The summed E-state index contributed by atoms with van der Waals surface area (Å²) in [7, 11) is -6.67. The largest absolute Gasteiger partial charge is 0.726 e. The van der Waals surface area contributed by atoms with E-state index in [0.717, 1.165) is 0 Å². The third-order valence-corrected chi connectivity index (χ3v) is 14.3. The van der Waals surface area contributed by atoms with Crippen molar-refractivity contribution in [2.75, 3.05) is 30.9 Å². The lowest BCUT2D eigenvalue weighted by Gasteiger charge is -2.28. The van der Waals surface area contributed by atoms with Crippen LogP contribution in [0.5, 0.6) is 0 Å². The van der Waals surface area contributed by atoms with Crippen LogP contribution in [0.15, 0.2) is 0 Å². The third-order valence-electron chi connectivity index (χ3n) is 7.58. The topological polar surface area (TPSA) is 66.4 Å². The molecule has 0 fully saturated rings. The monoisotopic (exact) mass is 643 g/mol. The molecule has 0 saturated heterocycles. The van der Waals surface area contributed by atoms with Crippen LogP contribution in [0, 0.1) is 0 Å². The molecule has 0 radical (unpaired) electrons. The molecule has 0 heterocycles. The Balaban J connectivity index is -0.000000485. The zero-order valence-electron chi connectivity index (χ0n) is 27.7. The average molecular weight is 643 g/mol. The first kappa shape index (κ1) is 48.4. The Hall–Kier alpha value is 0.517. The van der Waals surface area contributed by atoms with Gasteiger partial charge in [0, 0.05) is 7.26 Å². The lowest BCUT2D eigenvalue weighted by atomic mass is 10.0. The van der Waals surface area contributed by atoms with Crippen molar-refractivity contribution < 1.29 is 17.2 Å². The fraction of sp³-hybridized carbons (Fsp3) is 1.00. The molecule has 0 aromatic heterocycles. The van der Waals surface area contributed by atoms with Crippen LogP contribution in [-0.4, -0.2) is 51.9 Å². The van der Waals surface area contributed by atoms with E-state index in [1.54, 1.807) is 31.1 Å². The first-order chi connectivity index (χ1) is 18.4. The number of hydrogen-bond donors (Lipinski definition) is 0. The van der Waals surface area contributed by atoms with Crippen molar-refractivity contribution in [3.05, 3.63) is 0 Å². The van der Waals surface area contributed by atoms with Gasteiger partial charge in [0.2, 0.25) is 10.4 Å². The lowest BCUT2D eigenvalue weighted by Crippen LogP contribution is -2.29. The predicted molar refractivity (Wildman–Crippen MR) is 194 cm³/mol. The van der Waals surface area contributed by atoms with Gasteiger partial charge in [-0.1, -0.05) is 159 Å². The lowest BCUT2D eigenvalue weighted by molar-refractivity contribution is 0.296. The highest BCUT2D eigenvalue weighted by atomic mass is 32.3. The van der Waals surface area contributed by atoms with Crippen LogP contribution in [0.25, 0.3) is 0 Å². The molecule has 0 saturated carbocycles. The van der Waals surface area contributed by atoms with Gasteiger partial charge in [0.25, 0.3) is 0 Å². The normalized spacial score (nSPS) is 11.8. The molecular weight excluding hydrogens is 563 g/mol. The van der Waals surface area contributed by atoms with Crippen molar-refractivity contribution in [3.8, 4) is 0 Å². The van der Waals surface area contributed by atoms with E-state index < -0.39 is 25.7 Å². The van der Waals surface area contributed by atoms with E-state index in [9.17, 15) is 13.0 Å². The molecule has 0 aromatic carbocycles. The Morgan fingerprint density at radius 2 is 0.780 bits per heavy atom. The Bertz CT molecular complexity index is 587. The van der Waals surface area contributed by atoms with Gasteiger partial charge in [0.15, 0.2) is 0 Å². The summed E-state index contributed by atoms with van der Waals surface area (Å²) in [6.45, 7) is 15.2.